The van der Waals surface area contributed by atoms with Gasteiger partial charge in [0.2, 0.25) is 0 Å². The summed E-state index contributed by atoms with van der Waals surface area (Å²) in [6.45, 7) is 5.24. The fraction of sp³-hybridized carbons (Fsp3) is 0.429. The van der Waals surface area contributed by atoms with Crippen LogP contribution in [0.3, 0.4) is 0 Å². The van der Waals surface area contributed by atoms with Crippen LogP contribution in [-0.2, 0) is 0 Å². The van der Waals surface area contributed by atoms with E-state index < -0.39 is 0 Å². The predicted octanol–water partition coefficient (Wildman–Crippen LogP) is 7.37. The molecule has 1 heteroatoms. The molecule has 0 saturated heterocycles. The normalized spacial score (nSPS) is 9.86. The summed E-state index contributed by atoms with van der Waals surface area (Å²) in [6.07, 6.45) is 10.9. The second-order valence-corrected chi connectivity index (χ2v) is 7.37. The van der Waals surface area contributed by atoms with Crippen LogP contribution in [0.1, 0.15) is 88.3 Å². The monoisotopic (exact) mass is 386 g/mol. The Labute approximate surface area is 177 Å². The van der Waals surface area contributed by atoms with E-state index in [1.807, 2.05) is 36.4 Å². The zero-order chi connectivity index (χ0) is 20.6. The first kappa shape index (κ1) is 22.6. The van der Waals surface area contributed by atoms with Gasteiger partial charge in [0.05, 0.1) is 6.61 Å². The minimum atomic E-state index is 0.791. The van der Waals surface area contributed by atoms with Crippen molar-refractivity contribution in [3.05, 3.63) is 65.2 Å². The van der Waals surface area contributed by atoms with E-state index in [0.29, 0.717) is 0 Å². The first-order valence-corrected chi connectivity index (χ1v) is 11.2. The predicted molar refractivity (Wildman–Crippen MR) is 124 cm³/mol. The molecule has 2 rings (SSSR count). The van der Waals surface area contributed by atoms with E-state index in [0.717, 1.165) is 41.9 Å². The minimum absolute atomic E-state index is 0.791. The Balaban J connectivity index is 1.79. The molecular weight excluding hydrogens is 352 g/mol. The molecule has 0 amide bonds. The van der Waals surface area contributed by atoms with Crippen molar-refractivity contribution in [2.45, 2.75) is 71.6 Å². The van der Waals surface area contributed by atoms with Gasteiger partial charge in [-0.3, -0.25) is 0 Å². The molecule has 0 aromatic heterocycles. The first-order valence-electron chi connectivity index (χ1n) is 11.2. The van der Waals surface area contributed by atoms with Gasteiger partial charge in [-0.1, -0.05) is 76.1 Å². The molecule has 0 bridgehead atoms. The Hall–Kier alpha value is -2.64. The highest BCUT2D eigenvalue weighted by Gasteiger charge is 1.95. The van der Waals surface area contributed by atoms with E-state index in [1.54, 1.807) is 0 Å². The van der Waals surface area contributed by atoms with Crippen LogP contribution in [0, 0.1) is 23.7 Å². The van der Waals surface area contributed by atoms with E-state index >= 15 is 0 Å². The maximum Gasteiger partial charge on any atom is 0.119 e. The van der Waals surface area contributed by atoms with Crippen molar-refractivity contribution in [2.75, 3.05) is 6.61 Å². The van der Waals surface area contributed by atoms with Crippen molar-refractivity contribution in [3.63, 3.8) is 0 Å². The molecule has 0 radical (unpaired) electrons. The van der Waals surface area contributed by atoms with Crippen LogP contribution in [0.4, 0.5) is 0 Å². The van der Waals surface area contributed by atoms with E-state index in [-0.39, 0.29) is 0 Å². The van der Waals surface area contributed by atoms with Crippen molar-refractivity contribution >= 4 is 0 Å². The molecule has 29 heavy (non-hydrogen) atoms. The summed E-state index contributed by atoms with van der Waals surface area (Å²) in [5.74, 6) is 13.9. The van der Waals surface area contributed by atoms with Gasteiger partial charge in [-0.05, 0) is 61.4 Å². The molecule has 2 aromatic carbocycles. The molecule has 0 saturated carbocycles. The Morgan fingerprint density at radius 2 is 1.10 bits per heavy atom. The van der Waals surface area contributed by atoms with Gasteiger partial charge < -0.3 is 4.74 Å². The number of hydrogen-bond acceptors (Lipinski definition) is 1. The smallest absolute Gasteiger partial charge is 0.119 e. The van der Waals surface area contributed by atoms with Gasteiger partial charge in [-0.25, -0.2) is 0 Å². The second kappa shape index (κ2) is 14.4. The number of ether oxygens (including phenoxy) is 1. The molecule has 0 spiro atoms. The van der Waals surface area contributed by atoms with Gasteiger partial charge in [0.15, 0.2) is 0 Å². The van der Waals surface area contributed by atoms with Crippen LogP contribution >= 0.6 is 0 Å². The van der Waals surface area contributed by atoms with Gasteiger partial charge in [-0.15, -0.1) is 0 Å². The molecule has 0 aliphatic carbocycles. The van der Waals surface area contributed by atoms with E-state index in [9.17, 15) is 0 Å². The van der Waals surface area contributed by atoms with Crippen LogP contribution in [0.25, 0.3) is 0 Å². The van der Waals surface area contributed by atoms with Crippen LogP contribution in [-0.4, -0.2) is 6.61 Å². The average Bonchev–Trinajstić information content (AvgIpc) is 2.76. The molecule has 2 aromatic rings. The van der Waals surface area contributed by atoms with Gasteiger partial charge in [0.25, 0.3) is 0 Å². The zero-order valence-corrected chi connectivity index (χ0v) is 18.1. The third kappa shape index (κ3) is 9.91. The van der Waals surface area contributed by atoms with Crippen molar-refractivity contribution in [2.24, 2.45) is 0 Å². The average molecular weight is 387 g/mol. The van der Waals surface area contributed by atoms with Crippen molar-refractivity contribution in [1.82, 2.24) is 0 Å². The summed E-state index contributed by atoms with van der Waals surface area (Å²) >= 11 is 0. The first-order chi connectivity index (χ1) is 14.3. The van der Waals surface area contributed by atoms with Crippen LogP contribution in [0.15, 0.2) is 48.5 Å². The van der Waals surface area contributed by atoms with Crippen molar-refractivity contribution < 1.29 is 4.74 Å². The molecular formula is C28H34O. The van der Waals surface area contributed by atoms with Crippen LogP contribution in [0.2, 0.25) is 0 Å². The topological polar surface area (TPSA) is 9.23 Å². The highest BCUT2D eigenvalue weighted by Crippen LogP contribution is 2.13. The number of benzene rings is 2. The lowest BCUT2D eigenvalue weighted by Crippen LogP contribution is -1.96. The summed E-state index contributed by atoms with van der Waals surface area (Å²) < 4.78 is 5.78. The zero-order valence-electron chi connectivity index (χ0n) is 18.1. The number of unbranched alkanes of at least 4 members (excludes halogenated alkanes) is 7. The Bertz CT molecular complexity index is 807. The SMILES string of the molecule is CCCCCCC#Cc1ccc(C#Cc2ccc(OCCCCCC)cc2)cc1. The third-order valence-corrected chi connectivity index (χ3v) is 4.75. The summed E-state index contributed by atoms with van der Waals surface area (Å²) in [7, 11) is 0. The Kier molecular flexibility index (Phi) is 11.2. The van der Waals surface area contributed by atoms with Gasteiger partial charge in [0.1, 0.15) is 5.75 Å². The molecule has 0 aliphatic rings. The van der Waals surface area contributed by atoms with E-state index in [2.05, 4.69) is 49.7 Å². The van der Waals surface area contributed by atoms with Gasteiger partial charge in [0, 0.05) is 23.1 Å². The second-order valence-electron chi connectivity index (χ2n) is 7.37. The van der Waals surface area contributed by atoms with Crippen LogP contribution in [0.5, 0.6) is 5.75 Å². The lowest BCUT2D eigenvalue weighted by molar-refractivity contribution is 0.305. The molecule has 152 valence electrons. The number of rotatable bonds is 10. The fourth-order valence-corrected chi connectivity index (χ4v) is 2.94. The molecule has 0 aliphatic heterocycles. The fourth-order valence-electron chi connectivity index (χ4n) is 2.94. The maximum atomic E-state index is 5.78. The molecule has 0 atom stereocenters. The molecule has 1 nitrogen and oxygen atoms in total. The summed E-state index contributed by atoms with van der Waals surface area (Å²) in [6, 6.07) is 16.2. The molecule has 0 heterocycles. The Morgan fingerprint density at radius 1 is 0.586 bits per heavy atom. The Morgan fingerprint density at radius 3 is 1.69 bits per heavy atom. The molecule has 0 unspecified atom stereocenters. The summed E-state index contributed by atoms with van der Waals surface area (Å²) in [5.41, 5.74) is 3.07. The van der Waals surface area contributed by atoms with E-state index in [1.165, 1.54) is 44.9 Å². The largest absolute Gasteiger partial charge is 0.494 e. The minimum Gasteiger partial charge on any atom is -0.494 e. The molecule has 0 fully saturated rings. The summed E-state index contributed by atoms with van der Waals surface area (Å²) in [5, 5.41) is 0. The standard InChI is InChI=1S/C28H34O/c1-3-5-7-9-10-11-13-25-14-16-26(17-15-25)18-19-27-20-22-28(23-21-27)29-24-12-8-6-4-2/h14-17,20-23H,3-10,12,24H2,1-2H3. The number of hydrogen-bond donors (Lipinski definition) is 0. The maximum absolute atomic E-state index is 5.78. The van der Waals surface area contributed by atoms with Crippen LogP contribution < -0.4 is 4.74 Å². The highest BCUT2D eigenvalue weighted by molar-refractivity contribution is 5.46. The quantitative estimate of drug-likeness (QED) is 0.306. The molecule has 0 N–H and O–H groups in total. The van der Waals surface area contributed by atoms with Crippen molar-refractivity contribution in [3.8, 4) is 29.4 Å². The lowest BCUT2D eigenvalue weighted by atomic mass is 10.1. The third-order valence-electron chi connectivity index (χ3n) is 4.75. The summed E-state index contributed by atoms with van der Waals surface area (Å²) in [4.78, 5) is 0. The van der Waals surface area contributed by atoms with E-state index in [4.69, 9.17) is 4.74 Å². The lowest BCUT2D eigenvalue weighted by Gasteiger charge is -2.05. The highest BCUT2D eigenvalue weighted by atomic mass is 16.5. The van der Waals surface area contributed by atoms with Gasteiger partial charge >= 0.3 is 0 Å². The van der Waals surface area contributed by atoms with Crippen molar-refractivity contribution in [1.29, 1.82) is 0 Å². The van der Waals surface area contributed by atoms with Gasteiger partial charge in [-0.2, -0.15) is 0 Å².